The van der Waals surface area contributed by atoms with Crippen LogP contribution >= 0.6 is 0 Å². The zero-order valence-corrected chi connectivity index (χ0v) is 17.2. The third-order valence-electron chi connectivity index (χ3n) is 4.38. The Balaban J connectivity index is 1.80. The fraction of sp³-hybridized carbons (Fsp3) is 0.632. The molecular weight excluding hydrogens is 370 g/mol. The molecule has 1 heterocycles. The zero-order valence-electron chi connectivity index (χ0n) is 16.3. The lowest BCUT2D eigenvalue weighted by Crippen LogP contribution is -2.36. The van der Waals surface area contributed by atoms with Crippen molar-refractivity contribution in [1.29, 1.82) is 0 Å². The fourth-order valence-corrected chi connectivity index (χ4v) is 3.80. The Bertz CT molecular complexity index is 738. The Morgan fingerprint density at radius 1 is 1.30 bits per heavy atom. The molecule has 0 bridgehead atoms. The summed E-state index contributed by atoms with van der Waals surface area (Å²) in [5, 5.41) is 10.3. The lowest BCUT2D eigenvalue weighted by molar-refractivity contribution is 0.0263. The van der Waals surface area contributed by atoms with Crippen LogP contribution in [0.3, 0.4) is 0 Å². The summed E-state index contributed by atoms with van der Waals surface area (Å²) in [5.41, 5.74) is 0.395. The van der Waals surface area contributed by atoms with Crippen LogP contribution in [0.25, 0.3) is 0 Å². The Morgan fingerprint density at radius 3 is 2.52 bits per heavy atom. The fourth-order valence-electron chi connectivity index (χ4n) is 2.88. The predicted molar refractivity (Wildman–Crippen MR) is 101 cm³/mol. The van der Waals surface area contributed by atoms with Crippen molar-refractivity contribution in [3.63, 3.8) is 0 Å². The number of nitrogens with zero attached hydrogens (tertiary/aromatic N) is 1. The Kier molecular flexibility index (Phi) is 6.88. The molecule has 1 fully saturated rings. The third-order valence-corrected chi connectivity index (χ3v) is 5.71. The molecule has 27 heavy (non-hydrogen) atoms. The van der Waals surface area contributed by atoms with Gasteiger partial charge in [0.15, 0.2) is 0 Å². The van der Waals surface area contributed by atoms with Crippen LogP contribution in [0.5, 0.6) is 0 Å². The highest BCUT2D eigenvalue weighted by Gasteiger charge is 2.33. The highest BCUT2D eigenvalue weighted by atomic mass is 32.2. The Hall–Kier alpha value is -1.64. The summed E-state index contributed by atoms with van der Waals surface area (Å²) in [5.74, 6) is -0.122. The number of likely N-dealkylation sites (tertiary alicyclic amines) is 1. The summed E-state index contributed by atoms with van der Waals surface area (Å²) in [7, 11) is -3.84. The van der Waals surface area contributed by atoms with Gasteiger partial charge < -0.3 is 14.7 Å². The van der Waals surface area contributed by atoms with E-state index >= 15 is 0 Å². The van der Waals surface area contributed by atoms with Crippen LogP contribution < -0.4 is 0 Å². The molecule has 0 spiro atoms. The average Bonchev–Trinajstić information content (AvgIpc) is 3.03. The van der Waals surface area contributed by atoms with Gasteiger partial charge in [-0.3, -0.25) is 4.18 Å². The second kappa shape index (κ2) is 8.58. The molecule has 0 radical (unpaired) electrons. The maximum atomic E-state index is 12.1. The topological polar surface area (TPSA) is 93.1 Å². The molecule has 2 rings (SSSR count). The summed E-state index contributed by atoms with van der Waals surface area (Å²) in [4.78, 5) is 13.7. The third kappa shape index (κ3) is 6.48. The monoisotopic (exact) mass is 399 g/mol. The largest absolute Gasteiger partial charge is 0.444 e. The van der Waals surface area contributed by atoms with E-state index in [-0.39, 0.29) is 23.8 Å². The van der Waals surface area contributed by atoms with Crippen LogP contribution in [0.1, 0.15) is 39.2 Å². The van der Waals surface area contributed by atoms with Gasteiger partial charge in [-0.05, 0) is 52.7 Å². The highest BCUT2D eigenvalue weighted by molar-refractivity contribution is 7.86. The lowest BCUT2D eigenvalue weighted by Gasteiger charge is -2.25. The minimum atomic E-state index is -3.84. The molecular formula is C19H29NO6S. The number of carbonyl (C=O) groups is 1. The van der Waals surface area contributed by atoms with Gasteiger partial charge >= 0.3 is 6.09 Å². The van der Waals surface area contributed by atoms with E-state index in [0.717, 1.165) is 5.56 Å². The lowest BCUT2D eigenvalue weighted by atomic mass is 9.99. The number of hydrogen-bond acceptors (Lipinski definition) is 6. The standard InChI is InChI=1S/C19H29NO6S/c1-14-5-7-16(8-6-14)27(23,24)25-12-10-17(21)15-9-11-20(13-15)18(22)26-19(2,3)4/h5-8,15,17,21H,9-13H2,1-4H3/t15?,17-/m1/s1. The molecule has 0 aromatic heterocycles. The molecule has 7 nitrogen and oxygen atoms in total. The number of benzene rings is 1. The second-order valence-electron chi connectivity index (χ2n) is 7.92. The van der Waals surface area contributed by atoms with Gasteiger partial charge in [-0.25, -0.2) is 4.79 Å². The molecule has 1 aromatic carbocycles. The first-order chi connectivity index (χ1) is 12.5. The normalized spacial score (nSPS) is 19.1. The molecule has 1 aromatic rings. The average molecular weight is 400 g/mol. The number of hydrogen-bond donors (Lipinski definition) is 1. The number of aryl methyl sites for hydroxylation is 1. The van der Waals surface area contributed by atoms with E-state index in [2.05, 4.69) is 0 Å². The van der Waals surface area contributed by atoms with Crippen LogP contribution in [0, 0.1) is 12.8 Å². The van der Waals surface area contributed by atoms with E-state index in [1.807, 2.05) is 6.92 Å². The Morgan fingerprint density at radius 2 is 1.93 bits per heavy atom. The molecule has 2 atom stereocenters. The molecule has 8 heteroatoms. The summed E-state index contributed by atoms with van der Waals surface area (Å²) in [6.45, 7) is 8.08. The predicted octanol–water partition coefficient (Wildman–Crippen LogP) is 2.71. The minimum absolute atomic E-state index is 0.0968. The molecule has 1 aliphatic heterocycles. The van der Waals surface area contributed by atoms with Crippen molar-refractivity contribution in [2.24, 2.45) is 5.92 Å². The van der Waals surface area contributed by atoms with Crippen molar-refractivity contribution >= 4 is 16.2 Å². The summed E-state index contributed by atoms with van der Waals surface area (Å²) >= 11 is 0. The van der Waals surface area contributed by atoms with Gasteiger partial charge in [0.05, 0.1) is 17.6 Å². The van der Waals surface area contributed by atoms with Gasteiger partial charge in [0.25, 0.3) is 10.1 Å². The Labute approximate surface area is 161 Å². The van der Waals surface area contributed by atoms with Crippen LogP contribution in [0.4, 0.5) is 4.79 Å². The van der Waals surface area contributed by atoms with E-state index in [4.69, 9.17) is 8.92 Å². The number of rotatable bonds is 6. The van der Waals surface area contributed by atoms with Gasteiger partial charge in [-0.15, -0.1) is 0 Å². The molecule has 1 amide bonds. The van der Waals surface area contributed by atoms with Crippen molar-refractivity contribution in [2.45, 2.75) is 57.1 Å². The van der Waals surface area contributed by atoms with Gasteiger partial charge in [0.2, 0.25) is 0 Å². The van der Waals surface area contributed by atoms with Crippen LogP contribution in [0.2, 0.25) is 0 Å². The molecule has 0 saturated carbocycles. The van der Waals surface area contributed by atoms with Crippen LogP contribution in [-0.4, -0.2) is 55.9 Å². The van der Waals surface area contributed by atoms with E-state index in [1.54, 1.807) is 37.8 Å². The SMILES string of the molecule is Cc1ccc(S(=O)(=O)OCC[C@@H](O)C2CCN(C(=O)OC(C)(C)C)C2)cc1. The van der Waals surface area contributed by atoms with Gasteiger partial charge in [0.1, 0.15) is 5.60 Å². The van der Waals surface area contributed by atoms with E-state index in [0.29, 0.717) is 19.5 Å². The van der Waals surface area contributed by atoms with Crippen molar-refractivity contribution in [3.05, 3.63) is 29.8 Å². The molecule has 1 unspecified atom stereocenters. The summed E-state index contributed by atoms with van der Waals surface area (Å²) in [6.07, 6.45) is -0.315. The maximum Gasteiger partial charge on any atom is 0.410 e. The molecule has 1 aliphatic rings. The smallest absolute Gasteiger partial charge is 0.410 e. The van der Waals surface area contributed by atoms with Gasteiger partial charge in [-0.1, -0.05) is 17.7 Å². The van der Waals surface area contributed by atoms with Crippen LogP contribution in [0.15, 0.2) is 29.2 Å². The van der Waals surface area contributed by atoms with E-state index in [1.165, 1.54) is 12.1 Å². The molecule has 152 valence electrons. The second-order valence-corrected chi connectivity index (χ2v) is 9.54. The van der Waals surface area contributed by atoms with Crippen molar-refractivity contribution in [1.82, 2.24) is 4.90 Å². The summed E-state index contributed by atoms with van der Waals surface area (Å²) in [6, 6.07) is 6.40. The number of carbonyl (C=O) groups excluding carboxylic acids is 1. The minimum Gasteiger partial charge on any atom is -0.444 e. The van der Waals surface area contributed by atoms with Crippen molar-refractivity contribution in [3.8, 4) is 0 Å². The first-order valence-corrected chi connectivity index (χ1v) is 10.5. The first-order valence-electron chi connectivity index (χ1n) is 9.10. The zero-order chi connectivity index (χ0) is 20.2. The van der Waals surface area contributed by atoms with E-state index in [9.17, 15) is 18.3 Å². The van der Waals surface area contributed by atoms with Gasteiger partial charge in [0, 0.05) is 19.0 Å². The molecule has 1 N–H and O–H groups in total. The molecule has 0 aliphatic carbocycles. The summed E-state index contributed by atoms with van der Waals surface area (Å²) < 4.78 is 34.7. The first kappa shape index (κ1) is 21.7. The quantitative estimate of drug-likeness (QED) is 0.740. The maximum absolute atomic E-state index is 12.1. The van der Waals surface area contributed by atoms with Crippen molar-refractivity contribution < 1.29 is 27.2 Å². The number of aliphatic hydroxyl groups excluding tert-OH is 1. The van der Waals surface area contributed by atoms with Crippen molar-refractivity contribution in [2.75, 3.05) is 19.7 Å². The number of amides is 1. The van der Waals surface area contributed by atoms with E-state index < -0.39 is 27.9 Å². The highest BCUT2D eigenvalue weighted by Crippen LogP contribution is 2.24. The number of aliphatic hydroxyl groups is 1. The van der Waals surface area contributed by atoms with Gasteiger partial charge in [-0.2, -0.15) is 8.42 Å². The number of ether oxygens (including phenoxy) is 1. The van der Waals surface area contributed by atoms with Crippen LogP contribution in [-0.2, 0) is 19.0 Å². The molecule has 1 saturated heterocycles.